The molecule has 1 saturated heterocycles. The molecule has 6 heteroatoms. The van der Waals surface area contributed by atoms with Gasteiger partial charge in [-0.05, 0) is 19.1 Å². The van der Waals surface area contributed by atoms with Crippen LogP contribution in [0.1, 0.15) is 40.7 Å². The molecule has 0 aromatic heterocycles. The van der Waals surface area contributed by atoms with Crippen molar-refractivity contribution in [3.8, 4) is 5.75 Å². The van der Waals surface area contributed by atoms with Crippen molar-refractivity contribution in [2.75, 3.05) is 13.7 Å². The van der Waals surface area contributed by atoms with E-state index in [1.165, 1.54) is 4.90 Å². The van der Waals surface area contributed by atoms with E-state index < -0.39 is 23.7 Å². The first-order valence-corrected chi connectivity index (χ1v) is 8.98. The Balaban J connectivity index is 2.01. The number of carbonyl (C=O) groups excluding carboxylic acids is 2. The van der Waals surface area contributed by atoms with Gasteiger partial charge in [-0.25, -0.2) is 4.79 Å². The molecule has 2 aliphatic rings. The molecule has 140 valence electrons. The fourth-order valence-electron chi connectivity index (χ4n) is 4.53. The Bertz CT molecular complexity index is 911. The molecule has 0 spiro atoms. The van der Waals surface area contributed by atoms with Crippen molar-refractivity contribution in [1.29, 1.82) is 0 Å². The number of esters is 1. The van der Waals surface area contributed by atoms with Gasteiger partial charge in [0, 0.05) is 29.0 Å². The number of para-hydroxylation sites is 1. The number of amides is 1. The van der Waals surface area contributed by atoms with Crippen molar-refractivity contribution in [2.45, 2.75) is 31.0 Å². The minimum atomic E-state index is -1.41. The lowest BCUT2D eigenvalue weighted by Crippen LogP contribution is -2.51. The predicted octanol–water partition coefficient (Wildman–Crippen LogP) is 2.42. The SMILES string of the molecule is CCOC(=O)[C@]12c3ccccc3C(=O)N1[C@H](O)C[C@H]2c1ccccc1OC. The molecule has 0 bridgehead atoms. The standard InChI is InChI=1S/C21H21NO5/c1-3-27-20(25)21-15-10-6-4-9-14(15)19(24)22(21)18(23)12-16(21)13-8-5-7-11-17(13)26-2/h4-11,16,18,23H,3,12H2,1-2H3/t16-,18+,21+/m0/s1. The van der Waals surface area contributed by atoms with Gasteiger partial charge in [-0.3, -0.25) is 9.69 Å². The van der Waals surface area contributed by atoms with E-state index in [1.54, 1.807) is 38.3 Å². The molecule has 1 fully saturated rings. The molecule has 2 aromatic carbocycles. The first-order valence-electron chi connectivity index (χ1n) is 8.98. The lowest BCUT2D eigenvalue weighted by atomic mass is 9.75. The van der Waals surface area contributed by atoms with E-state index in [2.05, 4.69) is 0 Å². The van der Waals surface area contributed by atoms with Crippen LogP contribution < -0.4 is 4.74 Å². The summed E-state index contributed by atoms with van der Waals surface area (Å²) in [7, 11) is 1.56. The zero-order valence-electron chi connectivity index (χ0n) is 15.2. The topological polar surface area (TPSA) is 76.1 Å². The highest BCUT2D eigenvalue weighted by molar-refractivity contribution is 6.07. The van der Waals surface area contributed by atoms with Crippen LogP contribution in [0.25, 0.3) is 0 Å². The number of hydrogen-bond acceptors (Lipinski definition) is 5. The summed E-state index contributed by atoms with van der Waals surface area (Å²) in [6.07, 6.45) is -0.872. The van der Waals surface area contributed by atoms with E-state index in [0.29, 0.717) is 16.9 Å². The average Bonchev–Trinajstić information content (AvgIpc) is 3.14. The monoisotopic (exact) mass is 367 g/mol. The fraction of sp³-hybridized carbons (Fsp3) is 0.333. The fourth-order valence-corrected chi connectivity index (χ4v) is 4.53. The van der Waals surface area contributed by atoms with Gasteiger partial charge >= 0.3 is 5.97 Å². The third-order valence-corrected chi connectivity index (χ3v) is 5.52. The van der Waals surface area contributed by atoms with Crippen LogP contribution in [0.2, 0.25) is 0 Å². The van der Waals surface area contributed by atoms with Crippen LogP contribution in [0.3, 0.4) is 0 Å². The summed E-state index contributed by atoms with van der Waals surface area (Å²) in [6.45, 7) is 1.91. The van der Waals surface area contributed by atoms with Crippen molar-refractivity contribution in [2.24, 2.45) is 0 Å². The Kier molecular flexibility index (Phi) is 4.15. The largest absolute Gasteiger partial charge is 0.496 e. The number of rotatable bonds is 4. The second-order valence-electron chi connectivity index (χ2n) is 6.72. The smallest absolute Gasteiger partial charge is 0.337 e. The quantitative estimate of drug-likeness (QED) is 0.840. The van der Waals surface area contributed by atoms with Crippen LogP contribution in [-0.2, 0) is 15.1 Å². The molecule has 0 unspecified atom stereocenters. The summed E-state index contributed by atoms with van der Waals surface area (Å²) in [5.74, 6) is -0.772. The normalized spacial score (nSPS) is 25.9. The predicted molar refractivity (Wildman–Crippen MR) is 97.3 cm³/mol. The number of carbonyl (C=O) groups is 2. The van der Waals surface area contributed by atoms with Crippen LogP contribution in [0.4, 0.5) is 0 Å². The van der Waals surface area contributed by atoms with E-state index in [-0.39, 0.29) is 18.9 Å². The van der Waals surface area contributed by atoms with Gasteiger partial charge in [-0.1, -0.05) is 36.4 Å². The van der Waals surface area contributed by atoms with Gasteiger partial charge in [-0.2, -0.15) is 0 Å². The molecule has 2 aromatic rings. The second kappa shape index (κ2) is 6.39. The van der Waals surface area contributed by atoms with Crippen molar-refractivity contribution < 1.29 is 24.2 Å². The highest BCUT2D eigenvalue weighted by atomic mass is 16.5. The summed E-state index contributed by atoms with van der Waals surface area (Å²) in [5, 5.41) is 10.8. The first kappa shape index (κ1) is 17.5. The van der Waals surface area contributed by atoms with Crippen molar-refractivity contribution >= 4 is 11.9 Å². The molecular weight excluding hydrogens is 346 g/mol. The molecular formula is C21H21NO5. The number of nitrogens with zero attached hydrogens (tertiary/aromatic N) is 1. The molecule has 3 atom stereocenters. The second-order valence-corrected chi connectivity index (χ2v) is 6.72. The molecule has 2 heterocycles. The van der Waals surface area contributed by atoms with Crippen molar-refractivity contribution in [3.63, 3.8) is 0 Å². The minimum Gasteiger partial charge on any atom is -0.496 e. The Morgan fingerprint density at radius 1 is 1.22 bits per heavy atom. The van der Waals surface area contributed by atoms with Gasteiger partial charge in [0.05, 0.1) is 13.7 Å². The van der Waals surface area contributed by atoms with E-state index in [1.807, 2.05) is 24.3 Å². The average molecular weight is 367 g/mol. The van der Waals surface area contributed by atoms with Crippen LogP contribution in [-0.4, -0.2) is 41.8 Å². The van der Waals surface area contributed by atoms with E-state index in [0.717, 1.165) is 5.56 Å². The highest BCUT2D eigenvalue weighted by Crippen LogP contribution is 2.58. The number of aliphatic hydroxyl groups excluding tert-OH is 1. The van der Waals surface area contributed by atoms with Crippen LogP contribution >= 0.6 is 0 Å². The van der Waals surface area contributed by atoms with Gasteiger partial charge in [0.1, 0.15) is 12.0 Å². The molecule has 0 radical (unpaired) electrons. The third kappa shape index (κ3) is 2.23. The molecule has 0 saturated carbocycles. The zero-order valence-corrected chi connectivity index (χ0v) is 15.2. The lowest BCUT2D eigenvalue weighted by Gasteiger charge is -2.36. The molecule has 1 N–H and O–H groups in total. The Hall–Kier alpha value is -2.86. The number of benzene rings is 2. The van der Waals surface area contributed by atoms with Gasteiger partial charge in [-0.15, -0.1) is 0 Å². The number of aliphatic hydroxyl groups is 1. The zero-order chi connectivity index (χ0) is 19.2. The van der Waals surface area contributed by atoms with Gasteiger partial charge in [0.2, 0.25) is 0 Å². The number of methoxy groups -OCH3 is 1. The maximum atomic E-state index is 13.3. The summed E-state index contributed by atoms with van der Waals surface area (Å²) in [5.41, 5.74) is 0.349. The van der Waals surface area contributed by atoms with Crippen molar-refractivity contribution in [1.82, 2.24) is 4.90 Å². The van der Waals surface area contributed by atoms with E-state index >= 15 is 0 Å². The van der Waals surface area contributed by atoms with Crippen LogP contribution in [0, 0.1) is 0 Å². The summed E-state index contributed by atoms with van der Waals surface area (Å²) in [4.78, 5) is 27.7. The molecule has 2 aliphatic heterocycles. The number of hydrogen-bond donors (Lipinski definition) is 1. The maximum Gasteiger partial charge on any atom is 0.337 e. The van der Waals surface area contributed by atoms with E-state index in [9.17, 15) is 14.7 Å². The Morgan fingerprint density at radius 3 is 2.67 bits per heavy atom. The van der Waals surface area contributed by atoms with Gasteiger partial charge in [0.25, 0.3) is 5.91 Å². The van der Waals surface area contributed by atoms with Crippen LogP contribution in [0.5, 0.6) is 5.75 Å². The van der Waals surface area contributed by atoms with Crippen LogP contribution in [0.15, 0.2) is 48.5 Å². The summed E-state index contributed by atoms with van der Waals surface area (Å²) in [6, 6.07) is 14.4. The number of fused-ring (bicyclic) bond motifs is 3. The molecule has 0 aliphatic carbocycles. The summed E-state index contributed by atoms with van der Waals surface area (Å²) >= 11 is 0. The Labute approximate surface area is 157 Å². The molecule has 1 amide bonds. The Morgan fingerprint density at radius 2 is 1.93 bits per heavy atom. The van der Waals surface area contributed by atoms with E-state index in [4.69, 9.17) is 9.47 Å². The van der Waals surface area contributed by atoms with Crippen molar-refractivity contribution in [3.05, 3.63) is 65.2 Å². The van der Waals surface area contributed by atoms with Gasteiger partial charge in [0.15, 0.2) is 5.54 Å². The molecule has 27 heavy (non-hydrogen) atoms. The number of ether oxygens (including phenoxy) is 2. The third-order valence-electron chi connectivity index (χ3n) is 5.52. The van der Waals surface area contributed by atoms with Gasteiger partial charge < -0.3 is 14.6 Å². The lowest BCUT2D eigenvalue weighted by molar-refractivity contribution is -0.158. The molecule has 6 nitrogen and oxygen atoms in total. The minimum absolute atomic E-state index is 0.180. The molecule has 4 rings (SSSR count). The summed E-state index contributed by atoms with van der Waals surface area (Å²) < 4.78 is 10.9. The first-order chi connectivity index (χ1) is 13.1. The maximum absolute atomic E-state index is 13.3. The highest BCUT2D eigenvalue weighted by Gasteiger charge is 2.67.